The first kappa shape index (κ1) is 13.4. The van der Waals surface area contributed by atoms with Crippen LogP contribution in [0, 0.1) is 0 Å². The highest BCUT2D eigenvalue weighted by Crippen LogP contribution is 2.26. The molecule has 0 aliphatic carbocycles. The molecule has 17 heavy (non-hydrogen) atoms. The molecule has 0 N–H and O–H groups in total. The second-order valence-corrected chi connectivity index (χ2v) is 6.18. The lowest BCUT2D eigenvalue weighted by atomic mass is 10.0. The van der Waals surface area contributed by atoms with E-state index < -0.39 is 0 Å². The molecule has 3 unspecified atom stereocenters. The second kappa shape index (κ2) is 6.19. The smallest absolute Gasteiger partial charge is 0.0224 e. The molecule has 2 saturated heterocycles. The maximum absolute atomic E-state index is 2.78. The molecule has 2 heteroatoms. The monoisotopic (exact) mass is 238 g/mol. The Morgan fingerprint density at radius 3 is 2.82 bits per heavy atom. The molecule has 0 saturated carbocycles. The van der Waals surface area contributed by atoms with E-state index in [1.165, 1.54) is 58.2 Å². The molecular weight excluding hydrogens is 208 g/mol. The highest BCUT2D eigenvalue weighted by Gasteiger charge is 2.35. The third-order valence-electron chi connectivity index (χ3n) is 4.78. The molecule has 3 atom stereocenters. The zero-order valence-corrected chi connectivity index (χ0v) is 12.0. The number of hydrogen-bond acceptors (Lipinski definition) is 2. The Bertz CT molecular complexity index is 229. The molecule has 0 bridgehead atoms. The third kappa shape index (κ3) is 3.23. The van der Waals surface area contributed by atoms with Gasteiger partial charge in [-0.3, -0.25) is 9.80 Å². The first-order chi connectivity index (χ1) is 8.22. The van der Waals surface area contributed by atoms with Crippen LogP contribution in [0.4, 0.5) is 0 Å². The molecule has 2 aliphatic heterocycles. The molecule has 0 aromatic heterocycles. The van der Waals surface area contributed by atoms with Crippen LogP contribution >= 0.6 is 0 Å². The maximum Gasteiger partial charge on any atom is 0.0224 e. The van der Waals surface area contributed by atoms with Crippen molar-refractivity contribution in [2.24, 2.45) is 0 Å². The highest BCUT2D eigenvalue weighted by molar-refractivity contribution is 4.92. The summed E-state index contributed by atoms with van der Waals surface area (Å²) in [5.74, 6) is 0. The van der Waals surface area contributed by atoms with Crippen LogP contribution in [0.2, 0.25) is 0 Å². The van der Waals surface area contributed by atoms with Crippen LogP contribution in [-0.2, 0) is 0 Å². The third-order valence-corrected chi connectivity index (χ3v) is 4.78. The van der Waals surface area contributed by atoms with Crippen LogP contribution in [0.1, 0.15) is 59.3 Å². The predicted octanol–water partition coefficient (Wildman–Crippen LogP) is 3.12. The van der Waals surface area contributed by atoms with Crippen molar-refractivity contribution in [3.63, 3.8) is 0 Å². The number of hydrogen-bond donors (Lipinski definition) is 0. The van der Waals surface area contributed by atoms with E-state index in [-0.39, 0.29) is 0 Å². The van der Waals surface area contributed by atoms with E-state index in [0.717, 1.165) is 18.1 Å². The molecule has 100 valence electrons. The van der Waals surface area contributed by atoms with Crippen LogP contribution in [0.3, 0.4) is 0 Å². The van der Waals surface area contributed by atoms with Crippen molar-refractivity contribution in [2.75, 3.05) is 19.6 Å². The normalized spacial score (nSPS) is 32.6. The molecule has 2 nitrogen and oxygen atoms in total. The number of rotatable bonds is 5. The fourth-order valence-electron chi connectivity index (χ4n) is 3.68. The van der Waals surface area contributed by atoms with E-state index in [1.54, 1.807) is 0 Å². The van der Waals surface area contributed by atoms with Crippen molar-refractivity contribution in [3.05, 3.63) is 0 Å². The summed E-state index contributed by atoms with van der Waals surface area (Å²) < 4.78 is 0. The minimum absolute atomic E-state index is 0.765. The van der Waals surface area contributed by atoms with Crippen molar-refractivity contribution in [3.8, 4) is 0 Å². The molecule has 0 amide bonds. The van der Waals surface area contributed by atoms with Crippen molar-refractivity contribution >= 4 is 0 Å². The molecular formula is C15H30N2. The van der Waals surface area contributed by atoms with Gasteiger partial charge in [-0.25, -0.2) is 0 Å². The van der Waals surface area contributed by atoms with Crippen LogP contribution in [0.5, 0.6) is 0 Å². The molecule has 2 rings (SSSR count). The topological polar surface area (TPSA) is 6.48 Å². The lowest BCUT2D eigenvalue weighted by Crippen LogP contribution is -2.57. The maximum atomic E-state index is 2.78. The summed E-state index contributed by atoms with van der Waals surface area (Å²) >= 11 is 0. The Kier molecular flexibility index (Phi) is 4.87. The number of nitrogens with zero attached hydrogens (tertiary/aromatic N) is 2. The van der Waals surface area contributed by atoms with Crippen molar-refractivity contribution in [2.45, 2.75) is 77.4 Å². The summed E-state index contributed by atoms with van der Waals surface area (Å²) in [5.41, 5.74) is 0. The molecule has 2 aliphatic rings. The van der Waals surface area contributed by atoms with Gasteiger partial charge in [0.25, 0.3) is 0 Å². The molecule has 0 spiro atoms. The Labute approximate surface area is 107 Å². The Balaban J connectivity index is 1.82. The predicted molar refractivity (Wildman–Crippen MR) is 74.4 cm³/mol. The Morgan fingerprint density at radius 1 is 1.24 bits per heavy atom. The second-order valence-electron chi connectivity index (χ2n) is 6.18. The average molecular weight is 238 g/mol. The van der Waals surface area contributed by atoms with Crippen molar-refractivity contribution in [1.82, 2.24) is 9.80 Å². The van der Waals surface area contributed by atoms with E-state index in [9.17, 15) is 0 Å². The SMILES string of the molecule is CCCCCC(C)N1CC2CCCN2CC1C. The summed E-state index contributed by atoms with van der Waals surface area (Å²) in [6, 6.07) is 2.43. The van der Waals surface area contributed by atoms with Crippen LogP contribution in [-0.4, -0.2) is 47.6 Å². The van der Waals surface area contributed by atoms with Crippen molar-refractivity contribution in [1.29, 1.82) is 0 Å². The standard InChI is InChI=1S/C15H30N2/c1-4-5-6-8-13(2)17-12-15-9-7-10-16(15)11-14(17)3/h13-15H,4-12H2,1-3H3. The van der Waals surface area contributed by atoms with Crippen LogP contribution < -0.4 is 0 Å². The average Bonchev–Trinajstić information content (AvgIpc) is 2.75. The van der Waals surface area contributed by atoms with Gasteiger partial charge in [0.1, 0.15) is 0 Å². The van der Waals surface area contributed by atoms with Gasteiger partial charge in [0.2, 0.25) is 0 Å². The van der Waals surface area contributed by atoms with Gasteiger partial charge in [0.15, 0.2) is 0 Å². The van der Waals surface area contributed by atoms with Gasteiger partial charge >= 0.3 is 0 Å². The van der Waals surface area contributed by atoms with Crippen LogP contribution in [0.15, 0.2) is 0 Å². The quantitative estimate of drug-likeness (QED) is 0.679. The summed E-state index contributed by atoms with van der Waals surface area (Å²) in [5, 5.41) is 0. The van der Waals surface area contributed by atoms with Gasteiger partial charge in [-0.2, -0.15) is 0 Å². The largest absolute Gasteiger partial charge is 0.298 e. The van der Waals surface area contributed by atoms with E-state index in [2.05, 4.69) is 30.6 Å². The summed E-state index contributed by atoms with van der Waals surface area (Å²) in [7, 11) is 0. The molecule has 2 fully saturated rings. The van der Waals surface area contributed by atoms with Gasteiger partial charge in [-0.1, -0.05) is 26.2 Å². The minimum atomic E-state index is 0.765. The fourth-order valence-corrected chi connectivity index (χ4v) is 3.68. The zero-order chi connectivity index (χ0) is 12.3. The highest BCUT2D eigenvalue weighted by atomic mass is 15.3. The first-order valence-corrected chi connectivity index (χ1v) is 7.72. The van der Waals surface area contributed by atoms with Crippen LogP contribution in [0.25, 0.3) is 0 Å². The van der Waals surface area contributed by atoms with Gasteiger partial charge < -0.3 is 0 Å². The van der Waals surface area contributed by atoms with E-state index in [1.807, 2.05) is 0 Å². The summed E-state index contributed by atoms with van der Waals surface area (Å²) in [4.78, 5) is 5.50. The van der Waals surface area contributed by atoms with Crippen molar-refractivity contribution < 1.29 is 0 Å². The van der Waals surface area contributed by atoms with E-state index in [0.29, 0.717) is 0 Å². The summed E-state index contributed by atoms with van der Waals surface area (Å²) in [6.07, 6.45) is 8.42. The lowest BCUT2D eigenvalue weighted by molar-refractivity contribution is 0.0299. The minimum Gasteiger partial charge on any atom is -0.298 e. The van der Waals surface area contributed by atoms with E-state index >= 15 is 0 Å². The van der Waals surface area contributed by atoms with Gasteiger partial charge in [-0.05, 0) is 39.7 Å². The Morgan fingerprint density at radius 2 is 2.06 bits per heavy atom. The number of fused-ring (bicyclic) bond motifs is 1. The zero-order valence-electron chi connectivity index (χ0n) is 12.0. The number of piperazine rings is 1. The van der Waals surface area contributed by atoms with E-state index in [4.69, 9.17) is 0 Å². The number of unbranched alkanes of at least 4 members (excludes halogenated alkanes) is 2. The van der Waals surface area contributed by atoms with Gasteiger partial charge in [0, 0.05) is 31.2 Å². The lowest BCUT2D eigenvalue weighted by Gasteiger charge is -2.45. The van der Waals surface area contributed by atoms with Gasteiger partial charge in [-0.15, -0.1) is 0 Å². The molecule has 2 heterocycles. The molecule has 0 radical (unpaired) electrons. The fraction of sp³-hybridized carbons (Fsp3) is 1.00. The molecule has 0 aromatic rings. The Hall–Kier alpha value is -0.0800. The first-order valence-electron chi connectivity index (χ1n) is 7.72. The molecule has 0 aromatic carbocycles. The van der Waals surface area contributed by atoms with Gasteiger partial charge in [0.05, 0.1) is 0 Å². The summed E-state index contributed by atoms with van der Waals surface area (Å²) in [6.45, 7) is 11.1.